The smallest absolute Gasteiger partial charge is 0.267 e. The number of carbonyl (C=O) groups is 1. The molecule has 0 aromatic heterocycles. The van der Waals surface area contributed by atoms with Gasteiger partial charge in [0.25, 0.3) is 5.91 Å². The van der Waals surface area contributed by atoms with Crippen LogP contribution in [0.2, 0.25) is 10.0 Å². The number of hydrazone groups is 1. The van der Waals surface area contributed by atoms with Crippen LogP contribution in [-0.4, -0.2) is 12.1 Å². The predicted molar refractivity (Wildman–Crippen MR) is 87.2 cm³/mol. The molecular weight excluding hydrogens is 307 g/mol. The third kappa shape index (κ3) is 4.88. The van der Waals surface area contributed by atoms with E-state index in [9.17, 15) is 4.79 Å². The van der Waals surface area contributed by atoms with E-state index in [1.807, 2.05) is 18.2 Å². The molecule has 2 aromatic rings. The molecule has 0 aliphatic carbocycles. The number of carbonyl (C=O) groups excluding carboxylic acids is 1. The number of aryl methyl sites for hydroxylation is 1. The second-order valence-electron chi connectivity index (χ2n) is 4.41. The third-order valence-corrected chi connectivity index (χ3v) is 3.58. The summed E-state index contributed by atoms with van der Waals surface area (Å²) in [7, 11) is 0. The molecule has 0 heterocycles. The van der Waals surface area contributed by atoms with E-state index in [1.165, 1.54) is 11.6 Å². The molecule has 1 amide bonds. The van der Waals surface area contributed by atoms with Crippen LogP contribution < -0.4 is 5.43 Å². The van der Waals surface area contributed by atoms with Crippen molar-refractivity contribution in [3.05, 3.63) is 69.7 Å². The maximum Gasteiger partial charge on any atom is 0.271 e. The molecule has 0 saturated carbocycles. The van der Waals surface area contributed by atoms with Crippen LogP contribution >= 0.6 is 23.2 Å². The van der Waals surface area contributed by atoms with Crippen LogP contribution in [0.3, 0.4) is 0 Å². The summed E-state index contributed by atoms with van der Waals surface area (Å²) < 4.78 is 0. The number of hydrogen-bond donors (Lipinski definition) is 1. The number of rotatable bonds is 5. The van der Waals surface area contributed by atoms with Gasteiger partial charge in [0.15, 0.2) is 0 Å². The second-order valence-corrected chi connectivity index (χ2v) is 5.22. The van der Waals surface area contributed by atoms with Gasteiger partial charge in [-0.05, 0) is 36.6 Å². The lowest BCUT2D eigenvalue weighted by Crippen LogP contribution is -2.17. The molecule has 0 aliphatic heterocycles. The molecule has 108 valence electrons. The molecule has 0 spiro atoms. The van der Waals surface area contributed by atoms with Gasteiger partial charge in [-0.3, -0.25) is 4.79 Å². The Morgan fingerprint density at radius 2 is 1.86 bits per heavy atom. The van der Waals surface area contributed by atoms with Gasteiger partial charge in [0.1, 0.15) is 0 Å². The van der Waals surface area contributed by atoms with Crippen LogP contribution in [0.5, 0.6) is 0 Å². The van der Waals surface area contributed by atoms with Gasteiger partial charge in [-0.15, -0.1) is 0 Å². The van der Waals surface area contributed by atoms with E-state index in [-0.39, 0.29) is 5.91 Å². The number of halogens is 2. The Labute approximate surface area is 133 Å². The minimum atomic E-state index is -0.315. The zero-order valence-electron chi connectivity index (χ0n) is 11.2. The summed E-state index contributed by atoms with van der Waals surface area (Å²) in [5.74, 6) is -0.315. The second kappa shape index (κ2) is 7.81. The minimum Gasteiger partial charge on any atom is -0.267 e. The molecule has 0 fully saturated rings. The molecule has 0 unspecified atom stereocenters. The van der Waals surface area contributed by atoms with Gasteiger partial charge in [0.05, 0.1) is 10.0 Å². The van der Waals surface area contributed by atoms with Crippen molar-refractivity contribution in [3.63, 3.8) is 0 Å². The van der Waals surface area contributed by atoms with Crippen LogP contribution in [0.4, 0.5) is 0 Å². The molecule has 0 radical (unpaired) electrons. The van der Waals surface area contributed by atoms with E-state index in [4.69, 9.17) is 23.2 Å². The summed E-state index contributed by atoms with van der Waals surface area (Å²) in [5.41, 5.74) is 4.12. The average Bonchev–Trinajstić information content (AvgIpc) is 2.50. The van der Waals surface area contributed by atoms with Crippen LogP contribution in [-0.2, 0) is 6.42 Å². The molecule has 0 bridgehead atoms. The van der Waals surface area contributed by atoms with Gasteiger partial charge in [-0.2, -0.15) is 5.10 Å². The van der Waals surface area contributed by atoms with Gasteiger partial charge in [-0.25, -0.2) is 5.43 Å². The van der Waals surface area contributed by atoms with Crippen molar-refractivity contribution in [2.75, 3.05) is 0 Å². The van der Waals surface area contributed by atoms with E-state index in [0.29, 0.717) is 15.6 Å². The highest BCUT2D eigenvalue weighted by Crippen LogP contribution is 2.22. The van der Waals surface area contributed by atoms with Crippen LogP contribution in [0.1, 0.15) is 22.3 Å². The van der Waals surface area contributed by atoms with Crippen LogP contribution in [0, 0.1) is 0 Å². The van der Waals surface area contributed by atoms with E-state index in [1.54, 1.807) is 18.3 Å². The van der Waals surface area contributed by atoms with Crippen LogP contribution in [0.25, 0.3) is 0 Å². The molecule has 3 nitrogen and oxygen atoms in total. The molecule has 0 saturated heterocycles. The summed E-state index contributed by atoms with van der Waals surface area (Å²) in [6.07, 6.45) is 3.32. The topological polar surface area (TPSA) is 41.5 Å². The summed E-state index contributed by atoms with van der Waals surface area (Å²) in [6, 6.07) is 14.8. The Kier molecular flexibility index (Phi) is 5.78. The van der Waals surface area contributed by atoms with E-state index in [2.05, 4.69) is 22.7 Å². The first-order chi connectivity index (χ1) is 10.2. The van der Waals surface area contributed by atoms with E-state index < -0.39 is 0 Å². The molecule has 0 atom stereocenters. The quantitative estimate of drug-likeness (QED) is 0.646. The average molecular weight is 321 g/mol. The number of benzene rings is 2. The van der Waals surface area contributed by atoms with Gasteiger partial charge in [0.2, 0.25) is 0 Å². The summed E-state index contributed by atoms with van der Waals surface area (Å²) in [4.78, 5) is 11.8. The van der Waals surface area contributed by atoms with Crippen molar-refractivity contribution in [2.24, 2.45) is 5.10 Å². The Morgan fingerprint density at radius 3 is 2.57 bits per heavy atom. The van der Waals surface area contributed by atoms with Gasteiger partial charge in [-0.1, -0.05) is 53.5 Å². The number of nitrogens with one attached hydrogen (secondary N) is 1. The van der Waals surface area contributed by atoms with E-state index in [0.717, 1.165) is 12.8 Å². The fourth-order valence-electron chi connectivity index (χ4n) is 1.75. The SMILES string of the molecule is O=C(N/N=C\CCc1ccccc1)c1ccc(Cl)c(Cl)c1. The molecular formula is C16H14Cl2N2O. The fraction of sp³-hybridized carbons (Fsp3) is 0.125. The first-order valence-electron chi connectivity index (χ1n) is 6.47. The maximum absolute atomic E-state index is 11.8. The Hall–Kier alpha value is -1.84. The fourth-order valence-corrected chi connectivity index (χ4v) is 2.04. The van der Waals surface area contributed by atoms with Gasteiger partial charge in [0, 0.05) is 11.8 Å². The van der Waals surface area contributed by atoms with Crippen molar-refractivity contribution in [2.45, 2.75) is 12.8 Å². The lowest BCUT2D eigenvalue weighted by molar-refractivity contribution is 0.0955. The minimum absolute atomic E-state index is 0.315. The molecule has 0 aliphatic rings. The van der Waals surface area contributed by atoms with Crippen molar-refractivity contribution in [1.82, 2.24) is 5.43 Å². The summed E-state index contributed by atoms with van der Waals surface area (Å²) in [5, 5.41) is 4.68. The standard InChI is InChI=1S/C16H14Cl2N2O/c17-14-9-8-13(11-15(14)18)16(21)20-19-10-4-7-12-5-2-1-3-6-12/h1-3,5-6,8-11H,4,7H2,(H,20,21)/b19-10-. The predicted octanol–water partition coefficient (Wildman–Crippen LogP) is 4.34. The Morgan fingerprint density at radius 1 is 1.10 bits per heavy atom. The van der Waals surface area contributed by atoms with Crippen molar-refractivity contribution in [1.29, 1.82) is 0 Å². The van der Waals surface area contributed by atoms with Crippen molar-refractivity contribution < 1.29 is 4.79 Å². The maximum atomic E-state index is 11.8. The molecule has 2 rings (SSSR count). The highest BCUT2D eigenvalue weighted by Gasteiger charge is 2.06. The zero-order chi connectivity index (χ0) is 15.1. The molecule has 1 N–H and O–H groups in total. The first kappa shape index (κ1) is 15.5. The van der Waals surface area contributed by atoms with Crippen molar-refractivity contribution >= 4 is 35.3 Å². The number of hydrogen-bond acceptors (Lipinski definition) is 2. The number of amides is 1. The van der Waals surface area contributed by atoms with Gasteiger partial charge >= 0.3 is 0 Å². The van der Waals surface area contributed by atoms with Gasteiger partial charge < -0.3 is 0 Å². The Balaban J connectivity index is 1.80. The first-order valence-corrected chi connectivity index (χ1v) is 7.23. The molecule has 21 heavy (non-hydrogen) atoms. The van der Waals surface area contributed by atoms with E-state index >= 15 is 0 Å². The normalized spacial score (nSPS) is 10.8. The Bertz CT molecular complexity index is 642. The molecule has 2 aromatic carbocycles. The highest BCUT2D eigenvalue weighted by atomic mass is 35.5. The van der Waals surface area contributed by atoms with Crippen molar-refractivity contribution in [3.8, 4) is 0 Å². The summed E-state index contributed by atoms with van der Waals surface area (Å²) in [6.45, 7) is 0. The zero-order valence-corrected chi connectivity index (χ0v) is 12.7. The highest BCUT2D eigenvalue weighted by molar-refractivity contribution is 6.42. The third-order valence-electron chi connectivity index (χ3n) is 2.84. The largest absolute Gasteiger partial charge is 0.271 e. The molecule has 5 heteroatoms. The number of nitrogens with zero attached hydrogens (tertiary/aromatic N) is 1. The summed E-state index contributed by atoms with van der Waals surface area (Å²) >= 11 is 11.7. The lowest BCUT2D eigenvalue weighted by atomic mass is 10.1. The van der Waals surface area contributed by atoms with Crippen LogP contribution in [0.15, 0.2) is 53.6 Å². The monoisotopic (exact) mass is 320 g/mol. The lowest BCUT2D eigenvalue weighted by Gasteiger charge is -2.01.